The number of carbonyl (C=O) groups excluding carboxylic acids is 1. The molecule has 1 nitrogen and oxygen atoms in total. The smallest absolute Gasteiger partial charge is 0.136 e. The number of carbonyl (C=O) groups is 1. The van der Waals surface area contributed by atoms with Crippen LogP contribution in [0.4, 0.5) is 0 Å². The zero-order valence-corrected chi connectivity index (χ0v) is 8.56. The van der Waals surface area contributed by atoms with E-state index in [1.54, 1.807) is 0 Å². The lowest BCUT2D eigenvalue weighted by Gasteiger charge is -2.29. The van der Waals surface area contributed by atoms with Crippen molar-refractivity contribution in [2.75, 3.05) is 0 Å². The molecule has 3 heteroatoms. The lowest BCUT2D eigenvalue weighted by atomic mass is 9.75. The van der Waals surface area contributed by atoms with Gasteiger partial charge in [0.05, 0.1) is 0 Å². The molecule has 0 saturated heterocycles. The van der Waals surface area contributed by atoms with Gasteiger partial charge >= 0.3 is 0 Å². The van der Waals surface area contributed by atoms with Crippen molar-refractivity contribution >= 4 is 37.6 Å². The van der Waals surface area contributed by atoms with Gasteiger partial charge in [0, 0.05) is 22.0 Å². The molecule has 0 aliphatic heterocycles. The van der Waals surface area contributed by atoms with Crippen molar-refractivity contribution in [3.8, 4) is 0 Å². The quantitative estimate of drug-likeness (QED) is 0.615. The number of rotatable bonds is 0. The largest absolute Gasteiger partial charge is 0.299 e. The maximum absolute atomic E-state index is 11.0. The molecule has 0 N–H and O–H groups in total. The van der Waals surface area contributed by atoms with Gasteiger partial charge in [-0.2, -0.15) is 0 Å². The molecule has 2 rings (SSSR count). The maximum Gasteiger partial charge on any atom is 0.136 e. The number of Topliss-reactive ketones (excluding diaryl/α,β-unsaturated/α-hetero) is 1. The Morgan fingerprint density at radius 3 is 2.50 bits per heavy atom. The van der Waals surface area contributed by atoms with Crippen molar-refractivity contribution in [3.63, 3.8) is 0 Å². The van der Waals surface area contributed by atoms with E-state index < -0.39 is 0 Å². The van der Waals surface area contributed by atoms with Crippen LogP contribution in [0, 0.1) is 11.8 Å². The van der Waals surface area contributed by atoms with Crippen LogP contribution in [0.1, 0.15) is 12.8 Å². The van der Waals surface area contributed by atoms with Crippen LogP contribution < -0.4 is 0 Å². The molecule has 0 aromatic rings. The van der Waals surface area contributed by atoms with E-state index in [-0.39, 0.29) is 0 Å². The Balaban J connectivity index is 2.13. The third-order valence-corrected chi connectivity index (χ3v) is 5.57. The van der Waals surface area contributed by atoms with Crippen molar-refractivity contribution in [3.05, 3.63) is 0 Å². The molecule has 10 heavy (non-hydrogen) atoms. The molecular weight excluding hydrogens is 260 g/mol. The highest BCUT2D eigenvalue weighted by Gasteiger charge is 2.51. The zero-order chi connectivity index (χ0) is 7.30. The number of hydrogen-bond acceptors (Lipinski definition) is 1. The van der Waals surface area contributed by atoms with Crippen molar-refractivity contribution in [1.29, 1.82) is 0 Å². The van der Waals surface area contributed by atoms with E-state index in [0.29, 0.717) is 27.3 Å². The molecule has 4 atom stereocenters. The molecule has 0 bridgehead atoms. The fourth-order valence-electron chi connectivity index (χ4n) is 1.89. The standard InChI is InChI=1S/C7H8Br2O/c8-5-1-3-4(7(5)9)2-6(3)10/h3-5,7H,1-2H2/t3-,4-,5+,7+/m1/s1. The van der Waals surface area contributed by atoms with Crippen LogP contribution in [0.25, 0.3) is 0 Å². The molecular formula is C7H8Br2O. The molecule has 56 valence electrons. The van der Waals surface area contributed by atoms with E-state index in [1.165, 1.54) is 0 Å². The van der Waals surface area contributed by atoms with Gasteiger partial charge in [-0.3, -0.25) is 4.79 Å². The Bertz CT molecular complexity index is 180. The van der Waals surface area contributed by atoms with E-state index in [9.17, 15) is 4.79 Å². The highest BCUT2D eigenvalue weighted by atomic mass is 79.9. The SMILES string of the molecule is O=C1C[C@H]2[C@H](Br)[C@@H](Br)C[C@@H]12. The van der Waals surface area contributed by atoms with Crippen LogP contribution in [-0.2, 0) is 4.79 Å². The number of halogens is 2. The van der Waals surface area contributed by atoms with Crippen molar-refractivity contribution < 1.29 is 4.79 Å². The number of ketones is 1. The van der Waals surface area contributed by atoms with Crippen LogP contribution in [0.3, 0.4) is 0 Å². The summed E-state index contributed by atoms with van der Waals surface area (Å²) >= 11 is 7.14. The number of alkyl halides is 2. The van der Waals surface area contributed by atoms with E-state index >= 15 is 0 Å². The first-order valence-electron chi connectivity index (χ1n) is 3.51. The molecule has 2 aliphatic carbocycles. The van der Waals surface area contributed by atoms with Gasteiger partial charge in [0.25, 0.3) is 0 Å². The summed E-state index contributed by atoms with van der Waals surface area (Å²) in [5, 5.41) is 0. The van der Waals surface area contributed by atoms with Gasteiger partial charge in [-0.25, -0.2) is 0 Å². The van der Waals surface area contributed by atoms with E-state index in [2.05, 4.69) is 31.9 Å². The predicted octanol–water partition coefficient (Wildman–Crippen LogP) is 2.12. The van der Waals surface area contributed by atoms with Crippen LogP contribution in [0.5, 0.6) is 0 Å². The third kappa shape index (κ3) is 0.828. The second kappa shape index (κ2) is 2.31. The maximum atomic E-state index is 11.0. The molecule has 0 amide bonds. The lowest BCUT2D eigenvalue weighted by molar-refractivity contribution is -0.132. The Morgan fingerprint density at radius 1 is 1.40 bits per heavy atom. The summed E-state index contributed by atoms with van der Waals surface area (Å²) in [5.41, 5.74) is 0. The average molecular weight is 268 g/mol. The molecule has 2 aliphatic rings. The molecule has 0 aromatic carbocycles. The Morgan fingerprint density at radius 2 is 2.10 bits per heavy atom. The second-order valence-corrected chi connectivity index (χ2v) is 5.37. The normalized spacial score (nSPS) is 52.4. The van der Waals surface area contributed by atoms with Crippen LogP contribution in [-0.4, -0.2) is 15.4 Å². The van der Waals surface area contributed by atoms with Gasteiger partial charge in [-0.1, -0.05) is 31.9 Å². The van der Waals surface area contributed by atoms with Gasteiger partial charge in [0.1, 0.15) is 5.78 Å². The number of fused-ring (bicyclic) bond motifs is 1. The summed E-state index contributed by atoms with van der Waals surface area (Å²) < 4.78 is 0. The highest BCUT2D eigenvalue weighted by Crippen LogP contribution is 2.49. The van der Waals surface area contributed by atoms with Crippen LogP contribution in [0.15, 0.2) is 0 Å². The topological polar surface area (TPSA) is 17.1 Å². The van der Waals surface area contributed by atoms with E-state index in [4.69, 9.17) is 0 Å². The van der Waals surface area contributed by atoms with Gasteiger partial charge in [0.2, 0.25) is 0 Å². The van der Waals surface area contributed by atoms with Crippen molar-refractivity contribution in [2.24, 2.45) is 11.8 Å². The van der Waals surface area contributed by atoms with E-state index in [0.717, 1.165) is 12.8 Å². The van der Waals surface area contributed by atoms with Crippen LogP contribution in [0.2, 0.25) is 0 Å². The van der Waals surface area contributed by atoms with Gasteiger partial charge in [-0.15, -0.1) is 0 Å². The molecule has 0 heterocycles. The number of hydrogen-bond donors (Lipinski definition) is 0. The minimum Gasteiger partial charge on any atom is -0.299 e. The minimum absolute atomic E-state index is 0.383. The third-order valence-electron chi connectivity index (χ3n) is 2.60. The fourth-order valence-corrected chi connectivity index (χ4v) is 3.45. The van der Waals surface area contributed by atoms with Gasteiger partial charge in [-0.05, 0) is 12.3 Å². The highest BCUT2D eigenvalue weighted by molar-refractivity contribution is 9.12. The summed E-state index contributed by atoms with van der Waals surface area (Å²) in [6, 6.07) is 0. The molecule has 0 spiro atoms. The Kier molecular flexibility index (Phi) is 1.68. The minimum atomic E-state index is 0.383. The summed E-state index contributed by atoms with van der Waals surface area (Å²) in [7, 11) is 0. The monoisotopic (exact) mass is 266 g/mol. The predicted molar refractivity (Wildman–Crippen MR) is 46.7 cm³/mol. The summed E-state index contributed by atoms with van der Waals surface area (Å²) in [5.74, 6) is 1.49. The fraction of sp³-hybridized carbons (Fsp3) is 0.857. The van der Waals surface area contributed by atoms with Crippen molar-refractivity contribution in [1.82, 2.24) is 0 Å². The lowest BCUT2D eigenvalue weighted by Crippen LogP contribution is -2.36. The summed E-state index contributed by atoms with van der Waals surface area (Å²) in [6.07, 6.45) is 1.85. The van der Waals surface area contributed by atoms with Gasteiger partial charge < -0.3 is 0 Å². The Hall–Kier alpha value is 0.630. The Labute approximate surface area is 76.8 Å². The molecule has 0 radical (unpaired) electrons. The van der Waals surface area contributed by atoms with Crippen molar-refractivity contribution in [2.45, 2.75) is 22.5 Å². The molecule has 0 aromatic heterocycles. The van der Waals surface area contributed by atoms with Crippen LogP contribution >= 0.6 is 31.9 Å². The first-order valence-corrected chi connectivity index (χ1v) is 5.34. The first kappa shape index (κ1) is 7.29. The average Bonchev–Trinajstić information content (AvgIpc) is 2.12. The molecule has 0 unspecified atom stereocenters. The summed E-state index contributed by atoms with van der Waals surface area (Å²) in [4.78, 5) is 12.0. The summed E-state index contributed by atoms with van der Waals surface area (Å²) in [6.45, 7) is 0. The second-order valence-electron chi connectivity index (χ2n) is 3.14. The molecule has 2 fully saturated rings. The zero-order valence-electron chi connectivity index (χ0n) is 5.39. The first-order chi connectivity index (χ1) is 4.70. The van der Waals surface area contributed by atoms with E-state index in [1.807, 2.05) is 0 Å². The molecule has 2 saturated carbocycles. The van der Waals surface area contributed by atoms with Gasteiger partial charge in [0.15, 0.2) is 0 Å².